The first kappa shape index (κ1) is 9.40. The number of hydrogen-bond acceptors (Lipinski definition) is 3. The molecule has 2 aromatic rings. The highest BCUT2D eigenvalue weighted by Gasteiger charge is 2.02. The second-order valence-corrected chi connectivity index (χ2v) is 3.09. The second kappa shape index (κ2) is 3.92. The van der Waals surface area contributed by atoms with Gasteiger partial charge in [0.1, 0.15) is 0 Å². The number of carbonyl (C=O) groups is 1. The summed E-state index contributed by atoms with van der Waals surface area (Å²) in [4.78, 5) is 14.9. The Balaban J connectivity index is 2.61. The van der Waals surface area contributed by atoms with Gasteiger partial charge in [-0.25, -0.2) is 4.98 Å². The highest BCUT2D eigenvalue weighted by atomic mass is 16.2. The van der Waals surface area contributed by atoms with Gasteiger partial charge in [-0.1, -0.05) is 24.3 Å². The Kier molecular flexibility index (Phi) is 2.46. The number of aliphatic hydroxyl groups is 1. The molecule has 15 heavy (non-hydrogen) atoms. The summed E-state index contributed by atoms with van der Waals surface area (Å²) in [6.45, 7) is 0. The summed E-state index contributed by atoms with van der Waals surface area (Å²) >= 11 is 0. The molecule has 3 nitrogen and oxygen atoms in total. The summed E-state index contributed by atoms with van der Waals surface area (Å²) in [6.07, 6.45) is 1.35. The number of carbonyl (C=O) groups excluding carboxylic acids is 1. The number of aromatic nitrogens is 1. The molecule has 0 bridgehead atoms. The third-order valence-electron chi connectivity index (χ3n) is 2.16. The van der Waals surface area contributed by atoms with Crippen LogP contribution in [0.5, 0.6) is 0 Å². The molecule has 0 saturated heterocycles. The standard InChI is InChI=1S/C12H9NO2/c14-7-10(8-15)12-6-5-9-3-1-2-4-11(9)13-12/h1-8,14H/b10-7+. The maximum Gasteiger partial charge on any atom is 0.155 e. The minimum Gasteiger partial charge on any atom is -0.515 e. The molecule has 0 spiro atoms. The molecule has 0 radical (unpaired) electrons. The molecule has 0 amide bonds. The highest BCUT2D eigenvalue weighted by molar-refractivity contribution is 6.06. The van der Waals surface area contributed by atoms with Crippen LogP contribution >= 0.6 is 0 Å². The Bertz CT molecular complexity index is 532. The van der Waals surface area contributed by atoms with Crippen LogP contribution in [-0.2, 0) is 4.79 Å². The lowest BCUT2D eigenvalue weighted by molar-refractivity contribution is -0.103. The van der Waals surface area contributed by atoms with Gasteiger partial charge in [0.25, 0.3) is 0 Å². The Morgan fingerprint density at radius 2 is 2.00 bits per heavy atom. The van der Waals surface area contributed by atoms with Crippen molar-refractivity contribution in [2.75, 3.05) is 0 Å². The monoisotopic (exact) mass is 199 g/mol. The van der Waals surface area contributed by atoms with Gasteiger partial charge < -0.3 is 5.11 Å². The van der Waals surface area contributed by atoms with Gasteiger partial charge in [0.15, 0.2) is 6.29 Å². The first-order valence-corrected chi connectivity index (χ1v) is 4.51. The summed E-state index contributed by atoms with van der Waals surface area (Å²) in [7, 11) is 0. The third kappa shape index (κ3) is 1.72. The van der Waals surface area contributed by atoms with Crippen LogP contribution in [0.1, 0.15) is 5.69 Å². The molecular weight excluding hydrogens is 190 g/mol. The number of allylic oxidation sites excluding steroid dienone is 1. The molecule has 74 valence electrons. The smallest absolute Gasteiger partial charge is 0.155 e. The van der Waals surface area contributed by atoms with Crippen molar-refractivity contribution in [2.45, 2.75) is 0 Å². The highest BCUT2D eigenvalue weighted by Crippen LogP contribution is 2.15. The number of fused-ring (bicyclic) bond motifs is 1. The Labute approximate surface area is 86.7 Å². The number of nitrogens with zero attached hydrogens (tertiary/aromatic N) is 1. The quantitative estimate of drug-likeness (QED) is 0.458. The Hall–Kier alpha value is -2.16. The summed E-state index contributed by atoms with van der Waals surface area (Å²) in [5.41, 5.74) is 1.46. The molecule has 0 aliphatic heterocycles. The number of benzene rings is 1. The van der Waals surface area contributed by atoms with E-state index < -0.39 is 0 Å². The molecule has 0 fully saturated rings. The average molecular weight is 199 g/mol. The summed E-state index contributed by atoms with van der Waals surface area (Å²) in [5, 5.41) is 9.82. The zero-order valence-corrected chi connectivity index (χ0v) is 7.92. The summed E-state index contributed by atoms with van der Waals surface area (Å²) < 4.78 is 0. The average Bonchev–Trinajstić information content (AvgIpc) is 2.30. The Morgan fingerprint density at radius 3 is 2.73 bits per heavy atom. The van der Waals surface area contributed by atoms with E-state index in [1.54, 1.807) is 6.07 Å². The number of rotatable bonds is 2. The lowest BCUT2D eigenvalue weighted by atomic mass is 10.1. The van der Waals surface area contributed by atoms with Crippen molar-refractivity contribution in [3.63, 3.8) is 0 Å². The molecule has 1 N–H and O–H groups in total. The van der Waals surface area contributed by atoms with Gasteiger partial charge in [0, 0.05) is 5.39 Å². The van der Waals surface area contributed by atoms with Crippen LogP contribution in [0, 0.1) is 0 Å². The van der Waals surface area contributed by atoms with Crippen LogP contribution in [0.2, 0.25) is 0 Å². The topological polar surface area (TPSA) is 50.2 Å². The molecule has 3 heteroatoms. The van der Waals surface area contributed by atoms with Crippen LogP contribution < -0.4 is 0 Å². The van der Waals surface area contributed by atoms with Crippen LogP contribution in [0.25, 0.3) is 16.5 Å². The van der Waals surface area contributed by atoms with Crippen LogP contribution in [0.3, 0.4) is 0 Å². The van der Waals surface area contributed by atoms with E-state index in [9.17, 15) is 4.79 Å². The maximum atomic E-state index is 10.6. The van der Waals surface area contributed by atoms with Gasteiger partial charge in [-0.3, -0.25) is 4.79 Å². The normalized spacial score (nSPS) is 11.6. The summed E-state index contributed by atoms with van der Waals surface area (Å²) in [5.74, 6) is 0. The van der Waals surface area contributed by atoms with E-state index in [1.165, 1.54) is 0 Å². The molecule has 2 rings (SSSR count). The van der Waals surface area contributed by atoms with Gasteiger partial charge in [-0.15, -0.1) is 0 Å². The van der Waals surface area contributed by atoms with Crippen molar-refractivity contribution in [1.29, 1.82) is 0 Å². The van der Waals surface area contributed by atoms with Crippen molar-refractivity contribution < 1.29 is 9.90 Å². The van der Waals surface area contributed by atoms with Crippen molar-refractivity contribution in [1.82, 2.24) is 4.98 Å². The fraction of sp³-hybridized carbons (Fsp3) is 0. The number of aldehydes is 1. The molecular formula is C12H9NO2. The third-order valence-corrected chi connectivity index (χ3v) is 2.16. The van der Waals surface area contributed by atoms with E-state index in [1.807, 2.05) is 30.3 Å². The molecule has 0 aliphatic carbocycles. The molecule has 0 unspecified atom stereocenters. The van der Waals surface area contributed by atoms with E-state index in [0.29, 0.717) is 12.0 Å². The maximum absolute atomic E-state index is 10.6. The predicted octanol–water partition coefficient (Wildman–Crippen LogP) is 2.33. The molecule has 0 aliphatic rings. The fourth-order valence-corrected chi connectivity index (χ4v) is 1.38. The SMILES string of the molecule is O=C/C(=C\O)c1ccc2ccccc2n1. The van der Waals surface area contributed by atoms with E-state index >= 15 is 0 Å². The van der Waals surface area contributed by atoms with Crippen molar-refractivity contribution in [3.05, 3.63) is 48.4 Å². The van der Waals surface area contributed by atoms with Crippen LogP contribution in [-0.4, -0.2) is 16.4 Å². The first-order valence-electron chi connectivity index (χ1n) is 4.51. The molecule has 1 aromatic heterocycles. The molecule has 0 saturated carbocycles. The predicted molar refractivity (Wildman–Crippen MR) is 58.4 cm³/mol. The zero-order valence-electron chi connectivity index (χ0n) is 7.92. The van der Waals surface area contributed by atoms with E-state index in [4.69, 9.17) is 5.11 Å². The summed E-state index contributed by atoms with van der Waals surface area (Å²) in [6, 6.07) is 11.2. The minimum atomic E-state index is 0.181. The van der Waals surface area contributed by atoms with Gasteiger partial charge in [-0.05, 0) is 12.1 Å². The Morgan fingerprint density at radius 1 is 1.20 bits per heavy atom. The van der Waals surface area contributed by atoms with E-state index in [-0.39, 0.29) is 5.57 Å². The largest absolute Gasteiger partial charge is 0.515 e. The first-order chi connectivity index (χ1) is 7.35. The number of para-hydroxylation sites is 1. The number of hydrogen-bond donors (Lipinski definition) is 1. The van der Waals surface area contributed by atoms with Gasteiger partial charge in [-0.2, -0.15) is 0 Å². The van der Waals surface area contributed by atoms with Gasteiger partial charge in [0.05, 0.1) is 23.0 Å². The second-order valence-electron chi connectivity index (χ2n) is 3.09. The van der Waals surface area contributed by atoms with Crippen LogP contribution in [0.15, 0.2) is 42.7 Å². The molecule has 1 aromatic carbocycles. The molecule has 1 heterocycles. The number of pyridine rings is 1. The zero-order chi connectivity index (χ0) is 10.7. The van der Waals surface area contributed by atoms with E-state index in [2.05, 4.69) is 4.98 Å². The van der Waals surface area contributed by atoms with Gasteiger partial charge >= 0.3 is 0 Å². The van der Waals surface area contributed by atoms with Crippen molar-refractivity contribution >= 4 is 22.8 Å². The van der Waals surface area contributed by atoms with Crippen LogP contribution in [0.4, 0.5) is 0 Å². The van der Waals surface area contributed by atoms with E-state index in [0.717, 1.165) is 17.2 Å². The minimum absolute atomic E-state index is 0.181. The molecule has 0 atom stereocenters. The number of aliphatic hydroxyl groups excluding tert-OH is 1. The van der Waals surface area contributed by atoms with Crippen molar-refractivity contribution in [2.24, 2.45) is 0 Å². The lowest BCUT2D eigenvalue weighted by Gasteiger charge is -2.00. The lowest BCUT2D eigenvalue weighted by Crippen LogP contribution is -1.91. The van der Waals surface area contributed by atoms with Gasteiger partial charge in [0.2, 0.25) is 0 Å². The van der Waals surface area contributed by atoms with Crippen molar-refractivity contribution in [3.8, 4) is 0 Å². The fourth-order valence-electron chi connectivity index (χ4n) is 1.38.